The molecule has 1 saturated carbocycles. The zero-order valence-corrected chi connectivity index (χ0v) is 22.9. The molecule has 3 aliphatic carbocycles. The molecular weight excluding hydrogens is 520 g/mol. The number of primary amides is 1. The second-order valence-electron chi connectivity index (χ2n) is 11.6. The van der Waals surface area contributed by atoms with Crippen LogP contribution in [0.3, 0.4) is 0 Å². The standard InChI is InChI=1S/C33H32N2O6/c1-15(2)35-14-16-7-8-21(20-6-4-3-5-19(16)20)22-9-10-24(36)28-23(22)12-17-11-18-13-25(37)29(33(34)41)32(40)27(18)30(38)26(17)31(28)39/h3-10,15,17-18,27,35-36,39-40H,11-14H2,1-2H3,(H2,34,41)/t17-,18+,27?/m1/s1. The Labute approximate surface area is 237 Å². The Morgan fingerprint density at radius 1 is 0.976 bits per heavy atom. The van der Waals surface area contributed by atoms with E-state index in [4.69, 9.17) is 5.73 Å². The SMILES string of the molecule is CC(C)NCc1ccc(-c2ccc(O)c3c2C[C@H]2C[C@H]4CC(=O)C(C(N)=O)=C(O)C4C(=O)C2=C3O)c2ccccc12. The maximum atomic E-state index is 13.7. The molecule has 0 radical (unpaired) electrons. The van der Waals surface area contributed by atoms with Crippen molar-refractivity contribution < 1.29 is 29.7 Å². The highest BCUT2D eigenvalue weighted by atomic mass is 16.3. The van der Waals surface area contributed by atoms with E-state index in [1.165, 1.54) is 6.07 Å². The summed E-state index contributed by atoms with van der Waals surface area (Å²) in [7, 11) is 0. The molecule has 3 atom stereocenters. The number of phenolic OH excluding ortho intramolecular Hbond substituents is 1. The van der Waals surface area contributed by atoms with Gasteiger partial charge in [-0.05, 0) is 63.8 Å². The van der Waals surface area contributed by atoms with Crippen molar-refractivity contribution in [2.45, 2.75) is 45.7 Å². The predicted molar refractivity (Wildman–Crippen MR) is 155 cm³/mol. The van der Waals surface area contributed by atoms with E-state index >= 15 is 0 Å². The highest BCUT2D eigenvalue weighted by Gasteiger charge is 2.51. The van der Waals surface area contributed by atoms with Gasteiger partial charge in [0.2, 0.25) is 0 Å². The monoisotopic (exact) mass is 552 g/mol. The molecule has 6 N–H and O–H groups in total. The quantitative estimate of drug-likeness (QED) is 0.290. The molecule has 3 aliphatic rings. The van der Waals surface area contributed by atoms with Crippen LogP contribution in [0.15, 0.2) is 65.4 Å². The molecule has 41 heavy (non-hydrogen) atoms. The molecule has 1 unspecified atom stereocenters. The molecular formula is C33H32N2O6. The summed E-state index contributed by atoms with van der Waals surface area (Å²) in [5.74, 6) is -5.37. The van der Waals surface area contributed by atoms with E-state index in [0.717, 1.165) is 33.0 Å². The van der Waals surface area contributed by atoms with E-state index in [0.29, 0.717) is 25.4 Å². The smallest absolute Gasteiger partial charge is 0.255 e. The zero-order valence-electron chi connectivity index (χ0n) is 22.9. The number of phenols is 1. The van der Waals surface area contributed by atoms with Crippen molar-refractivity contribution >= 4 is 34.0 Å². The number of amides is 1. The molecule has 0 aromatic heterocycles. The highest BCUT2D eigenvalue weighted by Crippen LogP contribution is 2.52. The Morgan fingerprint density at radius 3 is 2.39 bits per heavy atom. The van der Waals surface area contributed by atoms with Crippen LogP contribution in [0.5, 0.6) is 5.75 Å². The van der Waals surface area contributed by atoms with E-state index in [1.807, 2.05) is 18.2 Å². The van der Waals surface area contributed by atoms with Crippen molar-refractivity contribution in [1.82, 2.24) is 5.32 Å². The number of Topliss-reactive ketones (excluding diaryl/α,β-unsaturated/α-hetero) is 2. The van der Waals surface area contributed by atoms with E-state index in [-0.39, 0.29) is 29.1 Å². The van der Waals surface area contributed by atoms with Crippen LogP contribution >= 0.6 is 0 Å². The summed E-state index contributed by atoms with van der Waals surface area (Å²) in [4.78, 5) is 38.2. The maximum absolute atomic E-state index is 13.7. The van der Waals surface area contributed by atoms with Gasteiger partial charge < -0.3 is 26.4 Å². The van der Waals surface area contributed by atoms with Crippen molar-refractivity contribution in [2.24, 2.45) is 23.5 Å². The molecule has 8 nitrogen and oxygen atoms in total. The number of aliphatic hydroxyl groups is 2. The number of nitrogens with one attached hydrogen (secondary N) is 1. The molecule has 1 fully saturated rings. The zero-order chi connectivity index (χ0) is 29.2. The molecule has 3 aromatic carbocycles. The van der Waals surface area contributed by atoms with Crippen molar-refractivity contribution in [3.05, 3.63) is 82.1 Å². The Bertz CT molecular complexity index is 1720. The van der Waals surface area contributed by atoms with E-state index in [2.05, 4.69) is 43.4 Å². The number of aliphatic hydroxyl groups excluding tert-OH is 2. The molecule has 8 heteroatoms. The minimum atomic E-state index is -1.13. The number of carbonyl (C=O) groups is 3. The molecule has 3 aromatic rings. The lowest BCUT2D eigenvalue weighted by Crippen LogP contribution is -2.44. The molecule has 6 rings (SSSR count). The molecule has 210 valence electrons. The third-order valence-electron chi connectivity index (χ3n) is 8.78. The minimum Gasteiger partial charge on any atom is -0.511 e. The van der Waals surface area contributed by atoms with Crippen molar-refractivity contribution in [3.8, 4) is 16.9 Å². The minimum absolute atomic E-state index is 0.0838. The van der Waals surface area contributed by atoms with Crippen molar-refractivity contribution in [1.29, 1.82) is 0 Å². The molecule has 0 bridgehead atoms. The van der Waals surface area contributed by atoms with Crippen LogP contribution in [0.25, 0.3) is 27.7 Å². The van der Waals surface area contributed by atoms with Gasteiger partial charge in [0.1, 0.15) is 22.8 Å². The van der Waals surface area contributed by atoms with Gasteiger partial charge in [0.05, 0.1) is 11.5 Å². The number of hydrogen-bond donors (Lipinski definition) is 5. The number of carbonyl (C=O) groups excluding carboxylic acids is 3. The molecule has 0 saturated heterocycles. The number of fused-ring (bicyclic) bond motifs is 4. The summed E-state index contributed by atoms with van der Waals surface area (Å²) >= 11 is 0. The fourth-order valence-corrected chi connectivity index (χ4v) is 6.96. The Kier molecular flexibility index (Phi) is 6.46. The van der Waals surface area contributed by atoms with Gasteiger partial charge in [0.25, 0.3) is 5.91 Å². The van der Waals surface area contributed by atoms with E-state index in [9.17, 15) is 29.7 Å². The van der Waals surface area contributed by atoms with Gasteiger partial charge in [0, 0.05) is 24.6 Å². The van der Waals surface area contributed by atoms with Gasteiger partial charge >= 0.3 is 0 Å². The first-order chi connectivity index (χ1) is 19.6. The average Bonchev–Trinajstić information content (AvgIpc) is 2.91. The average molecular weight is 553 g/mol. The second kappa shape index (κ2) is 9.89. The lowest BCUT2D eigenvalue weighted by atomic mass is 9.61. The van der Waals surface area contributed by atoms with Crippen LogP contribution in [0, 0.1) is 17.8 Å². The number of rotatable bonds is 5. The highest BCUT2D eigenvalue weighted by molar-refractivity contribution is 6.21. The number of ketones is 2. The summed E-state index contributed by atoms with van der Waals surface area (Å²) in [5, 5.41) is 38.8. The molecule has 0 heterocycles. The number of aromatic hydroxyl groups is 1. The van der Waals surface area contributed by atoms with Gasteiger partial charge in [-0.1, -0.05) is 56.3 Å². The van der Waals surface area contributed by atoms with Crippen LogP contribution in [0.4, 0.5) is 0 Å². The Morgan fingerprint density at radius 2 is 1.68 bits per heavy atom. The van der Waals surface area contributed by atoms with Crippen LogP contribution in [-0.2, 0) is 27.3 Å². The first-order valence-corrected chi connectivity index (χ1v) is 13.9. The number of benzene rings is 3. The maximum Gasteiger partial charge on any atom is 0.255 e. The topological polar surface area (TPSA) is 150 Å². The Hall–Kier alpha value is -4.43. The van der Waals surface area contributed by atoms with Crippen LogP contribution < -0.4 is 11.1 Å². The van der Waals surface area contributed by atoms with Crippen LogP contribution in [0.1, 0.15) is 43.4 Å². The third kappa shape index (κ3) is 4.21. The summed E-state index contributed by atoms with van der Waals surface area (Å²) in [6.45, 7) is 4.91. The van der Waals surface area contributed by atoms with Gasteiger partial charge in [0.15, 0.2) is 11.6 Å². The summed E-state index contributed by atoms with van der Waals surface area (Å²) in [6, 6.07) is 16.0. The van der Waals surface area contributed by atoms with Crippen LogP contribution in [0.2, 0.25) is 0 Å². The number of nitrogens with two attached hydrogens (primary N) is 1. The van der Waals surface area contributed by atoms with Gasteiger partial charge in [-0.3, -0.25) is 14.4 Å². The summed E-state index contributed by atoms with van der Waals surface area (Å²) in [6.07, 6.45) is 0.631. The number of hydrogen-bond acceptors (Lipinski definition) is 7. The normalized spacial score (nSPS) is 22.2. The molecule has 0 aliphatic heterocycles. The fourth-order valence-electron chi connectivity index (χ4n) is 6.96. The van der Waals surface area contributed by atoms with Gasteiger partial charge in [-0.25, -0.2) is 0 Å². The van der Waals surface area contributed by atoms with Crippen molar-refractivity contribution in [3.63, 3.8) is 0 Å². The first kappa shape index (κ1) is 26.8. The fraction of sp³-hybridized carbons (Fsp3) is 0.303. The van der Waals surface area contributed by atoms with Crippen molar-refractivity contribution in [2.75, 3.05) is 0 Å². The molecule has 0 spiro atoms. The summed E-state index contributed by atoms with van der Waals surface area (Å²) < 4.78 is 0. The predicted octanol–water partition coefficient (Wildman–Crippen LogP) is 4.63. The van der Waals surface area contributed by atoms with Gasteiger partial charge in [-0.15, -0.1) is 0 Å². The second-order valence-corrected chi connectivity index (χ2v) is 11.6. The Balaban J connectivity index is 1.49. The summed E-state index contributed by atoms with van der Waals surface area (Å²) in [5.41, 5.74) is 8.75. The van der Waals surface area contributed by atoms with Gasteiger partial charge in [-0.2, -0.15) is 0 Å². The largest absolute Gasteiger partial charge is 0.511 e. The first-order valence-electron chi connectivity index (χ1n) is 13.9. The number of allylic oxidation sites excluding steroid dienone is 2. The van der Waals surface area contributed by atoms with Crippen LogP contribution in [-0.4, -0.2) is 38.8 Å². The van der Waals surface area contributed by atoms with E-state index < -0.39 is 46.6 Å². The third-order valence-corrected chi connectivity index (χ3v) is 8.78. The lowest BCUT2D eigenvalue weighted by Gasteiger charge is -2.41. The van der Waals surface area contributed by atoms with E-state index in [1.54, 1.807) is 0 Å². The lowest BCUT2D eigenvalue weighted by molar-refractivity contribution is -0.127. The molecule has 1 amide bonds.